The van der Waals surface area contributed by atoms with Gasteiger partial charge >= 0.3 is 0 Å². The third-order valence-electron chi connectivity index (χ3n) is 9.68. The van der Waals surface area contributed by atoms with Crippen molar-refractivity contribution < 1.29 is 23.9 Å². The molecule has 0 aromatic rings. The van der Waals surface area contributed by atoms with E-state index in [1.807, 2.05) is 6.08 Å². The molecule has 5 rings (SSSR count). The number of hydrogen-bond acceptors (Lipinski definition) is 5. The maximum absolute atomic E-state index is 12.8. The summed E-state index contributed by atoms with van der Waals surface area (Å²) in [4.78, 5) is 37.6. The fourth-order valence-corrected chi connectivity index (χ4v) is 8.14. The molecule has 5 aliphatic rings. The summed E-state index contributed by atoms with van der Waals surface area (Å²) in [7, 11) is 3.15. The van der Waals surface area contributed by atoms with E-state index in [4.69, 9.17) is 9.47 Å². The van der Waals surface area contributed by atoms with E-state index < -0.39 is 5.41 Å². The highest BCUT2D eigenvalue weighted by Crippen LogP contribution is 2.69. The van der Waals surface area contributed by atoms with E-state index in [2.05, 4.69) is 19.9 Å². The van der Waals surface area contributed by atoms with Gasteiger partial charge in [-0.3, -0.25) is 14.4 Å². The molecule has 0 aliphatic heterocycles. The van der Waals surface area contributed by atoms with Gasteiger partial charge in [-0.1, -0.05) is 19.9 Å². The average molecular weight is 413 g/mol. The van der Waals surface area contributed by atoms with Crippen molar-refractivity contribution in [2.45, 2.75) is 52.4 Å². The molecule has 0 N–H and O–H groups in total. The second-order valence-electron chi connectivity index (χ2n) is 10.7. The third-order valence-corrected chi connectivity index (χ3v) is 9.68. The molecule has 3 saturated carbocycles. The van der Waals surface area contributed by atoms with Gasteiger partial charge in [-0.25, -0.2) is 0 Å². The van der Waals surface area contributed by atoms with Gasteiger partial charge in [0.05, 0.1) is 7.11 Å². The maximum atomic E-state index is 12.8. The molecule has 0 radical (unpaired) electrons. The Morgan fingerprint density at radius 1 is 1.10 bits per heavy atom. The molecule has 0 aromatic carbocycles. The van der Waals surface area contributed by atoms with E-state index in [0.717, 1.165) is 32.1 Å². The Hall–Kier alpha value is -1.75. The van der Waals surface area contributed by atoms with Gasteiger partial charge in [0.2, 0.25) is 11.6 Å². The first-order valence-electron chi connectivity index (χ1n) is 11.3. The number of ketones is 3. The first-order valence-corrected chi connectivity index (χ1v) is 11.3. The minimum absolute atomic E-state index is 0.0313. The van der Waals surface area contributed by atoms with Crippen LogP contribution in [0.5, 0.6) is 0 Å². The number of rotatable bonds is 4. The fraction of sp³-hybridized carbons (Fsp3) is 0.720. The Morgan fingerprint density at radius 2 is 1.83 bits per heavy atom. The van der Waals surface area contributed by atoms with Gasteiger partial charge in [0.1, 0.15) is 12.4 Å². The molecule has 5 heteroatoms. The van der Waals surface area contributed by atoms with Gasteiger partial charge in [0, 0.05) is 13.0 Å². The smallest absolute Gasteiger partial charge is 0.221 e. The first-order chi connectivity index (χ1) is 14.2. The minimum Gasteiger partial charge on any atom is -0.500 e. The molecule has 30 heavy (non-hydrogen) atoms. The molecular formula is C25H32O5. The van der Waals surface area contributed by atoms with E-state index in [0.29, 0.717) is 29.9 Å². The molecule has 162 valence electrons. The monoisotopic (exact) mass is 412 g/mol. The number of allylic oxidation sites excluding steroid dienone is 4. The molecule has 0 unspecified atom stereocenters. The normalized spacial score (nSPS) is 43.3. The van der Waals surface area contributed by atoms with Crippen molar-refractivity contribution in [2.24, 2.45) is 39.9 Å². The van der Waals surface area contributed by atoms with Gasteiger partial charge in [-0.15, -0.1) is 0 Å². The highest BCUT2D eigenvalue weighted by atomic mass is 16.5. The van der Waals surface area contributed by atoms with Crippen LogP contribution < -0.4 is 0 Å². The van der Waals surface area contributed by atoms with Crippen molar-refractivity contribution >= 4 is 17.3 Å². The Morgan fingerprint density at radius 3 is 2.47 bits per heavy atom. The molecule has 6 atom stereocenters. The van der Waals surface area contributed by atoms with Crippen molar-refractivity contribution in [3.8, 4) is 0 Å². The summed E-state index contributed by atoms with van der Waals surface area (Å²) in [5, 5.41) is 0. The summed E-state index contributed by atoms with van der Waals surface area (Å²) in [6.07, 6.45) is 9.95. The third kappa shape index (κ3) is 2.30. The summed E-state index contributed by atoms with van der Waals surface area (Å²) >= 11 is 0. The van der Waals surface area contributed by atoms with Gasteiger partial charge in [-0.05, 0) is 78.8 Å². The molecule has 5 nitrogen and oxygen atoms in total. The topological polar surface area (TPSA) is 69.7 Å². The van der Waals surface area contributed by atoms with Gasteiger partial charge < -0.3 is 9.47 Å². The molecular weight excluding hydrogens is 380 g/mol. The van der Waals surface area contributed by atoms with Gasteiger partial charge in [0.15, 0.2) is 11.2 Å². The van der Waals surface area contributed by atoms with E-state index in [9.17, 15) is 14.4 Å². The number of ether oxygens (including phenoxy) is 2. The van der Waals surface area contributed by atoms with Crippen LogP contribution in [0.1, 0.15) is 52.4 Å². The Kier molecular flexibility index (Phi) is 4.29. The van der Waals surface area contributed by atoms with Crippen molar-refractivity contribution in [1.82, 2.24) is 0 Å². The fourth-order valence-electron chi connectivity index (χ4n) is 8.14. The lowest BCUT2D eigenvalue weighted by molar-refractivity contribution is -0.133. The number of methoxy groups -OCH3 is 2. The summed E-state index contributed by atoms with van der Waals surface area (Å²) in [6, 6.07) is 0. The zero-order chi connectivity index (χ0) is 21.5. The highest BCUT2D eigenvalue weighted by Gasteiger charge is 2.73. The predicted octanol–water partition coefficient (Wildman–Crippen LogP) is 3.67. The van der Waals surface area contributed by atoms with Gasteiger partial charge in [0.25, 0.3) is 0 Å². The number of carbonyl (C=O) groups is 3. The van der Waals surface area contributed by atoms with Crippen LogP contribution in [-0.2, 0) is 23.9 Å². The van der Waals surface area contributed by atoms with Crippen LogP contribution in [0.25, 0.3) is 0 Å². The van der Waals surface area contributed by atoms with Crippen LogP contribution in [0.3, 0.4) is 0 Å². The molecule has 5 aliphatic carbocycles. The largest absolute Gasteiger partial charge is 0.500 e. The van der Waals surface area contributed by atoms with Crippen LogP contribution in [0.4, 0.5) is 0 Å². The van der Waals surface area contributed by atoms with Crippen LogP contribution in [0.15, 0.2) is 23.5 Å². The zero-order valence-corrected chi connectivity index (χ0v) is 18.5. The van der Waals surface area contributed by atoms with Crippen LogP contribution in [0.2, 0.25) is 0 Å². The van der Waals surface area contributed by atoms with Crippen molar-refractivity contribution in [1.29, 1.82) is 0 Å². The average Bonchev–Trinajstić information content (AvgIpc) is 3.05. The second kappa shape index (κ2) is 6.38. The quantitative estimate of drug-likeness (QED) is 0.521. The van der Waals surface area contributed by atoms with Crippen LogP contribution >= 0.6 is 0 Å². The van der Waals surface area contributed by atoms with E-state index >= 15 is 0 Å². The summed E-state index contributed by atoms with van der Waals surface area (Å²) < 4.78 is 10.7. The van der Waals surface area contributed by atoms with E-state index in [1.54, 1.807) is 14.2 Å². The van der Waals surface area contributed by atoms with E-state index in [1.165, 1.54) is 5.57 Å². The lowest BCUT2D eigenvalue weighted by Gasteiger charge is -2.57. The maximum Gasteiger partial charge on any atom is 0.221 e. The number of Topliss-reactive ketones (excluding diaryl/α,β-unsaturated/α-hetero) is 3. The number of fused-ring (bicyclic) bond motifs is 5. The SMILES string of the molecule is COCC(=O)[C@H]1CC[C@H]2[C@@H]3CC=C4C=C(OC)C5(C[C@]4(C)[C@H]3CC[C@]12C)C(=O)C5=O. The van der Waals surface area contributed by atoms with Crippen molar-refractivity contribution in [3.05, 3.63) is 23.5 Å². The molecule has 0 heterocycles. The van der Waals surface area contributed by atoms with Crippen molar-refractivity contribution in [3.63, 3.8) is 0 Å². The van der Waals surface area contributed by atoms with Crippen molar-refractivity contribution in [2.75, 3.05) is 20.8 Å². The Bertz CT molecular complexity index is 883. The molecule has 0 amide bonds. The number of carbonyl (C=O) groups excluding carboxylic acids is 3. The minimum atomic E-state index is -1.03. The summed E-state index contributed by atoms with van der Waals surface area (Å²) in [5.74, 6) is 1.73. The zero-order valence-electron chi connectivity index (χ0n) is 18.5. The van der Waals surface area contributed by atoms with E-state index in [-0.39, 0.29) is 40.7 Å². The lowest BCUT2D eigenvalue weighted by Crippen LogP contribution is -2.51. The summed E-state index contributed by atoms with van der Waals surface area (Å²) in [6.45, 7) is 4.78. The van der Waals surface area contributed by atoms with Gasteiger partial charge in [-0.2, -0.15) is 0 Å². The predicted molar refractivity (Wildman–Crippen MR) is 110 cm³/mol. The lowest BCUT2D eigenvalue weighted by atomic mass is 9.47. The molecule has 3 fully saturated rings. The van der Waals surface area contributed by atoms with Crippen LogP contribution in [0, 0.1) is 39.9 Å². The molecule has 0 saturated heterocycles. The van der Waals surface area contributed by atoms with Crippen LogP contribution in [-0.4, -0.2) is 38.2 Å². The second-order valence-corrected chi connectivity index (χ2v) is 10.7. The number of hydrogen-bond donors (Lipinski definition) is 0. The molecule has 1 spiro atoms. The molecule has 0 bridgehead atoms. The molecule has 0 aromatic heterocycles. The Labute approximate surface area is 178 Å². The first kappa shape index (κ1) is 20.2. The standard InChI is InChI=1S/C25H32O5/c1-23-10-9-17-15(16(23)7-8-18(23)19(26)12-29-3)6-5-14-11-20(30-4)25(13-24(14,17)2)21(27)22(25)28/h5,11,15-18H,6-10,12-13H2,1-4H3/t15-,16-,17-,18+,23-,24-/m0/s1. The Balaban J connectivity index is 1.49. The highest BCUT2D eigenvalue weighted by molar-refractivity contribution is 6.64. The summed E-state index contributed by atoms with van der Waals surface area (Å²) in [5.41, 5.74) is 0.0370.